The van der Waals surface area contributed by atoms with E-state index >= 15 is 0 Å². The minimum Gasteiger partial charge on any atom is -0.309 e. The van der Waals surface area contributed by atoms with Gasteiger partial charge in [-0.3, -0.25) is 18.6 Å². The van der Waals surface area contributed by atoms with Gasteiger partial charge < -0.3 is 5.32 Å². The SMILES string of the molecule is CCCCn1c(=O)c2ccccc2n2c(SCC(=O)Nc3ncc(Cl)c(C)c3Cl)nnc12. The van der Waals surface area contributed by atoms with E-state index in [0.717, 1.165) is 12.8 Å². The lowest BCUT2D eigenvalue weighted by Gasteiger charge is -2.11. The standard InChI is InChI=1S/C21H20Cl2N6O2S/c1-3-4-9-28-19(31)13-7-5-6-8-15(13)29-20(28)26-27-21(29)32-11-16(30)25-18-17(23)12(2)14(22)10-24-18/h5-8,10H,3-4,9,11H2,1-2H3,(H,24,25,30). The maximum atomic E-state index is 13.0. The second-order valence-electron chi connectivity index (χ2n) is 7.18. The number of nitrogens with one attached hydrogen (secondary N) is 1. The highest BCUT2D eigenvalue weighted by Gasteiger charge is 2.18. The van der Waals surface area contributed by atoms with E-state index in [-0.39, 0.29) is 23.0 Å². The average Bonchev–Trinajstić information content (AvgIpc) is 3.22. The second-order valence-corrected chi connectivity index (χ2v) is 8.90. The van der Waals surface area contributed by atoms with E-state index in [1.165, 1.54) is 18.0 Å². The number of amides is 1. The number of anilines is 1. The number of carbonyl (C=O) groups excluding carboxylic acids is 1. The van der Waals surface area contributed by atoms with Gasteiger partial charge in [0.05, 0.1) is 26.7 Å². The summed E-state index contributed by atoms with van der Waals surface area (Å²) in [5.41, 5.74) is 1.25. The molecule has 32 heavy (non-hydrogen) atoms. The molecule has 0 aliphatic rings. The van der Waals surface area contributed by atoms with Gasteiger partial charge in [0, 0.05) is 12.7 Å². The van der Waals surface area contributed by atoms with Crippen molar-refractivity contribution in [1.82, 2.24) is 24.1 Å². The number of para-hydroxylation sites is 1. The molecule has 0 aliphatic heterocycles. The molecule has 0 unspecified atom stereocenters. The summed E-state index contributed by atoms with van der Waals surface area (Å²) in [7, 11) is 0. The number of pyridine rings is 1. The molecule has 11 heteroatoms. The van der Waals surface area contributed by atoms with Gasteiger partial charge in [0.2, 0.25) is 11.7 Å². The number of benzene rings is 1. The number of thioether (sulfide) groups is 1. The Morgan fingerprint density at radius 2 is 2.00 bits per heavy atom. The third-order valence-electron chi connectivity index (χ3n) is 5.01. The number of hydrogen-bond acceptors (Lipinski definition) is 6. The van der Waals surface area contributed by atoms with Crippen molar-refractivity contribution in [2.24, 2.45) is 0 Å². The maximum Gasteiger partial charge on any atom is 0.262 e. The Morgan fingerprint density at radius 1 is 1.22 bits per heavy atom. The molecular formula is C21H20Cl2N6O2S. The number of rotatable bonds is 7. The van der Waals surface area contributed by atoms with E-state index in [2.05, 4.69) is 27.4 Å². The van der Waals surface area contributed by atoms with E-state index < -0.39 is 0 Å². The molecule has 0 fully saturated rings. The van der Waals surface area contributed by atoms with Crippen molar-refractivity contribution in [3.63, 3.8) is 0 Å². The summed E-state index contributed by atoms with van der Waals surface area (Å²) in [6.45, 7) is 4.37. The summed E-state index contributed by atoms with van der Waals surface area (Å²) in [4.78, 5) is 29.6. The summed E-state index contributed by atoms with van der Waals surface area (Å²) >= 11 is 13.5. The molecule has 8 nitrogen and oxygen atoms in total. The molecule has 0 spiro atoms. The lowest BCUT2D eigenvalue weighted by molar-refractivity contribution is -0.113. The molecule has 0 radical (unpaired) electrons. The maximum absolute atomic E-state index is 13.0. The smallest absolute Gasteiger partial charge is 0.262 e. The highest BCUT2D eigenvalue weighted by atomic mass is 35.5. The molecule has 0 aliphatic carbocycles. The summed E-state index contributed by atoms with van der Waals surface area (Å²) in [6.07, 6.45) is 3.24. The van der Waals surface area contributed by atoms with Gasteiger partial charge in [-0.15, -0.1) is 10.2 Å². The number of nitrogens with zero attached hydrogens (tertiary/aromatic N) is 5. The van der Waals surface area contributed by atoms with Crippen LogP contribution in [0.5, 0.6) is 0 Å². The molecule has 0 bridgehead atoms. The normalized spacial score (nSPS) is 11.4. The molecule has 4 aromatic rings. The molecule has 1 aromatic carbocycles. The Labute approximate surface area is 198 Å². The fourth-order valence-corrected chi connectivity index (χ4v) is 4.42. The third-order valence-corrected chi connectivity index (χ3v) is 6.78. The van der Waals surface area contributed by atoms with Crippen LogP contribution in [0, 0.1) is 6.92 Å². The van der Waals surface area contributed by atoms with E-state index in [9.17, 15) is 9.59 Å². The van der Waals surface area contributed by atoms with Gasteiger partial charge in [-0.05, 0) is 31.0 Å². The number of hydrogen-bond donors (Lipinski definition) is 1. The summed E-state index contributed by atoms with van der Waals surface area (Å²) in [5, 5.41) is 13.0. The fraction of sp³-hybridized carbons (Fsp3) is 0.286. The number of fused-ring (bicyclic) bond motifs is 3. The predicted octanol–water partition coefficient (Wildman–Crippen LogP) is 4.59. The van der Waals surface area contributed by atoms with E-state index in [1.807, 2.05) is 22.6 Å². The fourth-order valence-electron chi connectivity index (χ4n) is 3.29. The van der Waals surface area contributed by atoms with E-state index in [4.69, 9.17) is 23.2 Å². The molecule has 166 valence electrons. The summed E-state index contributed by atoms with van der Waals surface area (Å²) in [6, 6.07) is 7.32. The zero-order valence-electron chi connectivity index (χ0n) is 17.4. The Bertz CT molecular complexity index is 1380. The molecule has 1 N–H and O–H groups in total. The second kappa shape index (κ2) is 9.48. The highest BCUT2D eigenvalue weighted by molar-refractivity contribution is 7.99. The van der Waals surface area contributed by atoms with Gasteiger partial charge in [0.25, 0.3) is 5.56 Å². The minimum absolute atomic E-state index is 0.0584. The van der Waals surface area contributed by atoms with Crippen LogP contribution in [-0.4, -0.2) is 35.8 Å². The number of aryl methyl sites for hydroxylation is 1. The molecule has 0 saturated carbocycles. The minimum atomic E-state index is -0.300. The Morgan fingerprint density at radius 3 is 2.78 bits per heavy atom. The van der Waals surface area contributed by atoms with Gasteiger partial charge in [0.1, 0.15) is 0 Å². The van der Waals surface area contributed by atoms with Crippen molar-refractivity contribution in [3.05, 3.63) is 56.4 Å². The monoisotopic (exact) mass is 490 g/mol. The lowest BCUT2D eigenvalue weighted by Crippen LogP contribution is -2.23. The number of aromatic nitrogens is 5. The molecule has 3 aromatic heterocycles. The first-order valence-electron chi connectivity index (χ1n) is 10.0. The van der Waals surface area contributed by atoms with E-state index in [0.29, 0.717) is 44.0 Å². The van der Waals surface area contributed by atoms with Crippen molar-refractivity contribution in [2.45, 2.75) is 38.4 Å². The van der Waals surface area contributed by atoms with Crippen LogP contribution >= 0.6 is 35.0 Å². The topological polar surface area (TPSA) is 94.2 Å². The molecule has 0 atom stereocenters. The summed E-state index contributed by atoms with van der Waals surface area (Å²) < 4.78 is 3.46. The van der Waals surface area contributed by atoms with Crippen LogP contribution in [0.25, 0.3) is 16.7 Å². The van der Waals surface area contributed by atoms with Crippen LogP contribution in [0.15, 0.2) is 40.4 Å². The Kier molecular flexibility index (Phi) is 6.68. The van der Waals surface area contributed by atoms with Crippen LogP contribution in [0.2, 0.25) is 10.0 Å². The number of carbonyl (C=O) groups is 1. The van der Waals surface area contributed by atoms with Gasteiger partial charge in [-0.25, -0.2) is 4.98 Å². The predicted molar refractivity (Wildman–Crippen MR) is 128 cm³/mol. The van der Waals surface area contributed by atoms with Gasteiger partial charge in [-0.1, -0.05) is 60.4 Å². The first kappa shape index (κ1) is 22.6. The van der Waals surface area contributed by atoms with Crippen molar-refractivity contribution in [2.75, 3.05) is 11.1 Å². The zero-order chi connectivity index (χ0) is 22.8. The van der Waals surface area contributed by atoms with Crippen LogP contribution in [0.1, 0.15) is 25.3 Å². The zero-order valence-corrected chi connectivity index (χ0v) is 19.8. The van der Waals surface area contributed by atoms with Gasteiger partial charge in [-0.2, -0.15) is 0 Å². The van der Waals surface area contributed by atoms with E-state index in [1.54, 1.807) is 17.6 Å². The van der Waals surface area contributed by atoms with Crippen molar-refractivity contribution >= 4 is 63.4 Å². The van der Waals surface area contributed by atoms with Crippen LogP contribution in [0.4, 0.5) is 5.82 Å². The third kappa shape index (κ3) is 4.20. The van der Waals surface area contributed by atoms with Crippen LogP contribution < -0.4 is 10.9 Å². The molecule has 3 heterocycles. The quantitative estimate of drug-likeness (QED) is 0.380. The first-order valence-corrected chi connectivity index (χ1v) is 11.8. The van der Waals surface area contributed by atoms with Crippen molar-refractivity contribution in [1.29, 1.82) is 0 Å². The molecule has 0 saturated heterocycles. The van der Waals surface area contributed by atoms with Crippen LogP contribution in [0.3, 0.4) is 0 Å². The highest BCUT2D eigenvalue weighted by Crippen LogP contribution is 2.29. The number of unbranched alkanes of at least 4 members (excludes halogenated alkanes) is 1. The van der Waals surface area contributed by atoms with Crippen molar-refractivity contribution < 1.29 is 4.79 Å². The Balaban J connectivity index is 1.64. The largest absolute Gasteiger partial charge is 0.309 e. The van der Waals surface area contributed by atoms with Gasteiger partial charge in [0.15, 0.2) is 11.0 Å². The molecular weight excluding hydrogens is 471 g/mol. The van der Waals surface area contributed by atoms with Gasteiger partial charge >= 0.3 is 0 Å². The molecule has 4 rings (SSSR count). The number of halogens is 2. The van der Waals surface area contributed by atoms with Crippen molar-refractivity contribution in [3.8, 4) is 0 Å². The average molecular weight is 491 g/mol. The lowest BCUT2D eigenvalue weighted by atomic mass is 10.2. The summed E-state index contributed by atoms with van der Waals surface area (Å²) in [5.74, 6) is 0.474. The van der Waals surface area contributed by atoms with Crippen LogP contribution in [-0.2, 0) is 11.3 Å². The molecule has 1 amide bonds. The first-order chi connectivity index (χ1) is 15.4. The Hall–Kier alpha value is -2.62.